The molecule has 0 aliphatic heterocycles. The number of aromatic carboxylic acids is 1. The molecule has 0 radical (unpaired) electrons. The standard InChI is InChI=1S/C34H33ClN2O9S/c1-6-23-30(36(19-21-11-10-16-45-21)33(38)24-12-8-9-13-26(24)35)27(18-29(43-4)32(23)44-5)37(7-2)47(41,42)22-14-15-28-25(17-22)20(3)31(46-28)34(39)40/h8-18H,6-7,19H2,1-5H3,(H,39,40). The smallest absolute Gasteiger partial charge is 0.372 e. The van der Waals surface area contributed by atoms with Crippen molar-refractivity contribution in [1.29, 1.82) is 0 Å². The number of aryl methyl sites for hydroxylation is 1. The van der Waals surface area contributed by atoms with Crippen molar-refractivity contribution in [3.05, 3.63) is 100 Å². The largest absolute Gasteiger partial charge is 0.493 e. The fraction of sp³-hybridized carbons (Fsp3) is 0.235. The zero-order chi connectivity index (χ0) is 34.0. The number of carboxylic acids is 1. The number of carbonyl (C=O) groups excluding carboxylic acids is 1. The highest BCUT2D eigenvalue weighted by atomic mass is 35.5. The van der Waals surface area contributed by atoms with Crippen LogP contribution >= 0.6 is 11.6 Å². The summed E-state index contributed by atoms with van der Waals surface area (Å²) in [6.45, 7) is 4.96. The molecule has 0 aliphatic carbocycles. The average Bonchev–Trinajstić information content (AvgIpc) is 3.70. The number of hydrogen-bond donors (Lipinski definition) is 1. The summed E-state index contributed by atoms with van der Waals surface area (Å²) in [5.41, 5.74) is 1.63. The molecule has 1 N–H and O–H groups in total. The number of hydrogen-bond acceptors (Lipinski definition) is 8. The number of carbonyl (C=O) groups is 2. The number of nitrogens with zero attached hydrogens (tertiary/aromatic N) is 2. The SMILES string of the molecule is CCc1c(OC)c(OC)cc(N(CC)S(=O)(=O)c2ccc3oc(C(=O)O)c(C)c3c2)c1N(Cc1ccco1)C(=O)c1ccccc1Cl. The van der Waals surface area contributed by atoms with Gasteiger partial charge in [0.05, 0.1) is 53.9 Å². The van der Waals surface area contributed by atoms with Gasteiger partial charge in [0.15, 0.2) is 11.5 Å². The van der Waals surface area contributed by atoms with E-state index in [1.165, 1.54) is 54.0 Å². The summed E-state index contributed by atoms with van der Waals surface area (Å²) in [4.78, 5) is 27.4. The average molecular weight is 681 g/mol. The molecular formula is C34H33ClN2O9S. The Morgan fingerprint density at radius 3 is 2.34 bits per heavy atom. The number of amides is 1. The highest BCUT2D eigenvalue weighted by Crippen LogP contribution is 2.48. The molecule has 5 aromatic rings. The normalized spacial score (nSPS) is 11.4. The summed E-state index contributed by atoms with van der Waals surface area (Å²) in [5.74, 6) is -1.01. The molecule has 0 bridgehead atoms. The number of halogens is 1. The first-order valence-corrected chi connectivity index (χ1v) is 16.5. The third kappa shape index (κ3) is 6.01. The van der Waals surface area contributed by atoms with E-state index in [1.54, 1.807) is 50.2 Å². The minimum Gasteiger partial charge on any atom is -0.493 e. The van der Waals surface area contributed by atoms with Gasteiger partial charge in [-0.1, -0.05) is 30.7 Å². The van der Waals surface area contributed by atoms with Gasteiger partial charge in [-0.3, -0.25) is 14.0 Å². The summed E-state index contributed by atoms with van der Waals surface area (Å²) < 4.78 is 52.9. The number of methoxy groups -OCH3 is 2. The zero-order valence-corrected chi connectivity index (χ0v) is 27.9. The first-order valence-electron chi connectivity index (χ1n) is 14.6. The lowest BCUT2D eigenvalue weighted by atomic mass is 10.0. The van der Waals surface area contributed by atoms with Crippen LogP contribution in [0.25, 0.3) is 11.0 Å². The van der Waals surface area contributed by atoms with Gasteiger partial charge in [-0.25, -0.2) is 13.2 Å². The van der Waals surface area contributed by atoms with Crippen molar-refractivity contribution in [2.45, 2.75) is 38.6 Å². The van der Waals surface area contributed by atoms with Crippen molar-refractivity contribution in [3.63, 3.8) is 0 Å². The van der Waals surface area contributed by atoms with Crippen molar-refractivity contribution in [2.24, 2.45) is 0 Å². The number of fused-ring (bicyclic) bond motifs is 1. The zero-order valence-electron chi connectivity index (χ0n) is 26.4. The van der Waals surface area contributed by atoms with Crippen LogP contribution in [0, 0.1) is 6.92 Å². The molecule has 0 saturated heterocycles. The van der Waals surface area contributed by atoms with E-state index in [2.05, 4.69) is 0 Å². The quantitative estimate of drug-likeness (QED) is 0.143. The molecule has 1 amide bonds. The Kier molecular flexibility index (Phi) is 9.55. The minimum atomic E-state index is -4.35. The van der Waals surface area contributed by atoms with Crippen LogP contribution in [0.15, 0.2) is 80.7 Å². The fourth-order valence-electron chi connectivity index (χ4n) is 5.62. The summed E-state index contributed by atoms with van der Waals surface area (Å²) in [6.07, 6.45) is 1.80. The van der Waals surface area contributed by atoms with Crippen molar-refractivity contribution in [2.75, 3.05) is 30.0 Å². The maximum Gasteiger partial charge on any atom is 0.372 e. The molecule has 2 heterocycles. The summed E-state index contributed by atoms with van der Waals surface area (Å²) in [6, 6.07) is 15.7. The van der Waals surface area contributed by atoms with Gasteiger partial charge in [-0.2, -0.15) is 0 Å². The molecule has 2 aromatic heterocycles. The Hall–Kier alpha value is -4.94. The van der Waals surface area contributed by atoms with Crippen LogP contribution in [-0.4, -0.2) is 46.2 Å². The lowest BCUT2D eigenvalue weighted by Crippen LogP contribution is -2.36. The molecule has 0 aliphatic rings. The fourth-order valence-corrected chi connectivity index (χ4v) is 7.33. The molecule has 0 fully saturated rings. The maximum atomic E-state index is 14.6. The van der Waals surface area contributed by atoms with E-state index in [4.69, 9.17) is 29.9 Å². The molecule has 0 saturated carbocycles. The van der Waals surface area contributed by atoms with Crippen molar-refractivity contribution in [1.82, 2.24) is 0 Å². The van der Waals surface area contributed by atoms with Crippen molar-refractivity contribution < 1.29 is 41.4 Å². The Balaban J connectivity index is 1.80. The number of carboxylic acid groups (broad SMARTS) is 1. The van der Waals surface area contributed by atoms with Crippen LogP contribution in [0.2, 0.25) is 5.02 Å². The van der Waals surface area contributed by atoms with Gasteiger partial charge in [0.25, 0.3) is 15.9 Å². The Morgan fingerprint density at radius 2 is 1.74 bits per heavy atom. The van der Waals surface area contributed by atoms with Crippen LogP contribution in [0.1, 0.15) is 51.6 Å². The molecule has 0 unspecified atom stereocenters. The highest BCUT2D eigenvalue weighted by molar-refractivity contribution is 7.92. The second kappa shape index (κ2) is 13.4. The third-order valence-corrected chi connectivity index (χ3v) is 10.0. The summed E-state index contributed by atoms with van der Waals surface area (Å²) in [7, 11) is -1.44. The van der Waals surface area contributed by atoms with E-state index in [0.29, 0.717) is 34.4 Å². The van der Waals surface area contributed by atoms with Crippen LogP contribution in [-0.2, 0) is 23.0 Å². The number of sulfonamides is 1. The van der Waals surface area contributed by atoms with Gasteiger partial charge in [-0.05, 0) is 62.7 Å². The molecule has 11 nitrogen and oxygen atoms in total. The van der Waals surface area contributed by atoms with E-state index in [9.17, 15) is 23.1 Å². The molecular weight excluding hydrogens is 648 g/mol. The molecule has 246 valence electrons. The predicted octanol–water partition coefficient (Wildman–Crippen LogP) is 7.33. The lowest BCUT2D eigenvalue weighted by molar-refractivity contribution is 0.0663. The van der Waals surface area contributed by atoms with Gasteiger partial charge < -0.3 is 23.4 Å². The molecule has 0 spiro atoms. The first kappa shape index (κ1) is 33.4. The van der Waals surface area contributed by atoms with Gasteiger partial charge in [0.2, 0.25) is 5.76 Å². The van der Waals surface area contributed by atoms with Crippen LogP contribution in [0.3, 0.4) is 0 Å². The monoisotopic (exact) mass is 680 g/mol. The number of furan rings is 2. The second-order valence-corrected chi connectivity index (χ2v) is 12.7. The number of benzene rings is 3. The van der Waals surface area contributed by atoms with Crippen molar-refractivity contribution >= 4 is 55.8 Å². The first-order chi connectivity index (χ1) is 22.5. The maximum absolute atomic E-state index is 14.6. The molecule has 47 heavy (non-hydrogen) atoms. The number of anilines is 2. The van der Waals surface area contributed by atoms with E-state index in [1.807, 2.05) is 6.92 Å². The van der Waals surface area contributed by atoms with E-state index in [-0.39, 0.29) is 57.0 Å². The van der Waals surface area contributed by atoms with Gasteiger partial charge in [0.1, 0.15) is 11.3 Å². The van der Waals surface area contributed by atoms with E-state index >= 15 is 0 Å². The Labute approximate surface area is 276 Å². The lowest BCUT2D eigenvalue weighted by Gasteiger charge is -2.33. The van der Waals surface area contributed by atoms with Crippen molar-refractivity contribution in [3.8, 4) is 11.5 Å². The topological polar surface area (TPSA) is 140 Å². The van der Waals surface area contributed by atoms with Crippen LogP contribution in [0.5, 0.6) is 11.5 Å². The van der Waals surface area contributed by atoms with Gasteiger partial charge in [0, 0.05) is 29.1 Å². The molecule has 3 aromatic carbocycles. The Bertz CT molecular complexity index is 2070. The van der Waals surface area contributed by atoms with E-state index in [0.717, 1.165) is 0 Å². The van der Waals surface area contributed by atoms with Gasteiger partial charge in [-0.15, -0.1) is 0 Å². The molecule has 0 atom stereocenters. The third-order valence-electron chi connectivity index (χ3n) is 7.83. The summed E-state index contributed by atoms with van der Waals surface area (Å²) in [5, 5.41) is 10.1. The van der Waals surface area contributed by atoms with Gasteiger partial charge >= 0.3 is 5.97 Å². The van der Waals surface area contributed by atoms with E-state index < -0.39 is 21.9 Å². The summed E-state index contributed by atoms with van der Waals surface area (Å²) >= 11 is 6.51. The predicted molar refractivity (Wildman–Crippen MR) is 178 cm³/mol. The highest BCUT2D eigenvalue weighted by Gasteiger charge is 2.35. The van der Waals surface area contributed by atoms with Crippen LogP contribution < -0.4 is 18.7 Å². The molecule has 13 heteroatoms. The number of ether oxygens (including phenoxy) is 2. The second-order valence-electron chi connectivity index (χ2n) is 10.5. The molecule has 5 rings (SSSR count). The number of rotatable bonds is 12. The van der Waals surface area contributed by atoms with Crippen LogP contribution in [0.4, 0.5) is 11.4 Å². The Morgan fingerprint density at radius 1 is 1.00 bits per heavy atom. The minimum absolute atomic E-state index is 0.0500.